The number of hydrogen-bond donors (Lipinski definition) is 1. The highest BCUT2D eigenvalue weighted by Crippen LogP contribution is 2.63. The van der Waals surface area contributed by atoms with Crippen molar-refractivity contribution in [3.63, 3.8) is 0 Å². The molecule has 1 heterocycles. The molecule has 3 atom stereocenters. The summed E-state index contributed by atoms with van der Waals surface area (Å²) in [5.74, 6) is -3.62. The van der Waals surface area contributed by atoms with Crippen molar-refractivity contribution < 1.29 is 23.5 Å². The molecule has 3 rings (SSSR count). The van der Waals surface area contributed by atoms with Gasteiger partial charge in [-0.1, -0.05) is 26.0 Å². The van der Waals surface area contributed by atoms with Crippen LogP contribution in [0.2, 0.25) is 0 Å². The maximum atomic E-state index is 13.6. The van der Waals surface area contributed by atoms with Crippen molar-refractivity contribution >= 4 is 11.8 Å². The van der Waals surface area contributed by atoms with Crippen molar-refractivity contribution in [3.05, 3.63) is 35.4 Å². The molecule has 1 saturated heterocycles. The van der Waals surface area contributed by atoms with E-state index in [1.165, 1.54) is 12.1 Å². The van der Waals surface area contributed by atoms with Crippen LogP contribution >= 0.6 is 0 Å². The van der Waals surface area contributed by atoms with Gasteiger partial charge in [0.1, 0.15) is 0 Å². The predicted octanol–water partition coefficient (Wildman–Crippen LogP) is 1.64. The highest BCUT2D eigenvalue weighted by Gasteiger charge is 2.72. The van der Waals surface area contributed by atoms with E-state index >= 15 is 0 Å². The Kier molecular flexibility index (Phi) is 2.92. The fraction of sp³-hybridized carbons (Fsp3) is 0.467. The highest BCUT2D eigenvalue weighted by molar-refractivity contribution is 6.10. The summed E-state index contributed by atoms with van der Waals surface area (Å²) in [4.78, 5) is 25.2. The molecule has 1 aliphatic heterocycles. The van der Waals surface area contributed by atoms with E-state index in [1.54, 1.807) is 0 Å². The number of fused-ring (bicyclic) bond motifs is 1. The first-order chi connectivity index (χ1) is 9.76. The monoisotopic (exact) mass is 295 g/mol. The zero-order valence-electron chi connectivity index (χ0n) is 11.6. The number of β-amino-alcohol motifs (C(OH)–C–C–N with tert-alkyl or cyclic N) is 1. The van der Waals surface area contributed by atoms with Gasteiger partial charge in [0.15, 0.2) is 11.6 Å². The number of aliphatic hydroxyl groups excluding tert-OH is 1. The average Bonchev–Trinajstić information content (AvgIpc) is 2.89. The Labute approximate surface area is 120 Å². The molecule has 1 N–H and O–H groups in total. The second-order valence-electron chi connectivity index (χ2n) is 6.22. The van der Waals surface area contributed by atoms with Gasteiger partial charge in [-0.25, -0.2) is 8.78 Å². The van der Waals surface area contributed by atoms with Crippen LogP contribution in [0, 0.1) is 28.9 Å². The maximum absolute atomic E-state index is 13.6. The molecule has 2 fully saturated rings. The molecule has 0 aromatic heterocycles. The number of imide groups is 1. The number of carbonyl (C=O) groups is 2. The number of carbonyl (C=O) groups excluding carboxylic acids is 2. The van der Waals surface area contributed by atoms with Crippen LogP contribution in [0.4, 0.5) is 8.78 Å². The standard InChI is InChI=1S/C15H15F2NO3/c1-15(2)10-11(15)14(21)18(13(10)20)6-9(19)7-4-3-5-8(16)12(7)17/h3-5,9-11,19H,6H2,1-2H3. The quantitative estimate of drug-likeness (QED) is 0.862. The Hall–Kier alpha value is -1.82. The van der Waals surface area contributed by atoms with E-state index in [4.69, 9.17) is 0 Å². The summed E-state index contributed by atoms with van der Waals surface area (Å²) in [5, 5.41) is 10.0. The van der Waals surface area contributed by atoms with Crippen LogP contribution in [0.25, 0.3) is 0 Å². The minimum atomic E-state index is -1.44. The number of hydrogen-bond acceptors (Lipinski definition) is 3. The SMILES string of the molecule is CC1(C)C2C(=O)N(CC(O)c3cccc(F)c3F)C(=O)C21. The van der Waals surface area contributed by atoms with E-state index in [1.807, 2.05) is 13.8 Å². The van der Waals surface area contributed by atoms with Crippen molar-refractivity contribution in [1.29, 1.82) is 0 Å². The molecule has 3 unspecified atom stereocenters. The van der Waals surface area contributed by atoms with Crippen LogP contribution in [0.1, 0.15) is 25.5 Å². The molecular weight excluding hydrogens is 280 g/mol. The fourth-order valence-corrected chi connectivity index (χ4v) is 3.23. The molecule has 4 nitrogen and oxygen atoms in total. The van der Waals surface area contributed by atoms with E-state index < -0.39 is 17.7 Å². The lowest BCUT2D eigenvalue weighted by atomic mass is 10.0. The van der Waals surface area contributed by atoms with Gasteiger partial charge in [0.05, 0.1) is 24.5 Å². The minimum absolute atomic E-state index is 0.254. The number of rotatable bonds is 3. The van der Waals surface area contributed by atoms with Gasteiger partial charge in [-0.15, -0.1) is 0 Å². The van der Waals surface area contributed by atoms with Crippen molar-refractivity contribution in [2.24, 2.45) is 17.3 Å². The van der Waals surface area contributed by atoms with Crippen LogP contribution in [-0.4, -0.2) is 28.4 Å². The molecule has 1 saturated carbocycles. The van der Waals surface area contributed by atoms with Crippen molar-refractivity contribution in [2.75, 3.05) is 6.54 Å². The Morgan fingerprint density at radius 2 is 1.81 bits per heavy atom. The van der Waals surface area contributed by atoms with Crippen LogP contribution in [0.3, 0.4) is 0 Å². The van der Waals surface area contributed by atoms with Gasteiger partial charge in [0.25, 0.3) is 0 Å². The normalized spacial score (nSPS) is 27.8. The first-order valence-corrected chi connectivity index (χ1v) is 6.74. The van der Waals surface area contributed by atoms with Gasteiger partial charge in [-0.3, -0.25) is 14.5 Å². The third-order valence-corrected chi connectivity index (χ3v) is 4.59. The second-order valence-corrected chi connectivity index (χ2v) is 6.22. The molecule has 21 heavy (non-hydrogen) atoms. The molecule has 0 radical (unpaired) electrons. The molecule has 2 aliphatic rings. The number of aliphatic hydroxyl groups is 1. The Morgan fingerprint density at radius 1 is 1.24 bits per heavy atom. The number of benzene rings is 1. The van der Waals surface area contributed by atoms with E-state index in [-0.39, 0.29) is 41.2 Å². The Bertz CT molecular complexity index is 620. The number of halogens is 2. The van der Waals surface area contributed by atoms with E-state index in [0.29, 0.717) is 0 Å². The van der Waals surface area contributed by atoms with Crippen LogP contribution in [0.5, 0.6) is 0 Å². The third kappa shape index (κ3) is 1.89. The third-order valence-electron chi connectivity index (χ3n) is 4.59. The zero-order chi connectivity index (χ0) is 15.5. The summed E-state index contributed by atoms with van der Waals surface area (Å²) in [6.07, 6.45) is -1.44. The summed E-state index contributed by atoms with van der Waals surface area (Å²) >= 11 is 0. The van der Waals surface area contributed by atoms with E-state index in [9.17, 15) is 23.5 Å². The summed E-state index contributed by atoms with van der Waals surface area (Å²) in [5.41, 5.74) is -0.588. The van der Waals surface area contributed by atoms with Crippen LogP contribution in [-0.2, 0) is 9.59 Å². The number of piperidine rings is 1. The first kappa shape index (κ1) is 14.1. The van der Waals surface area contributed by atoms with Gasteiger partial charge >= 0.3 is 0 Å². The molecule has 6 heteroatoms. The molecule has 0 spiro atoms. The molecular formula is C15H15F2NO3. The summed E-state index contributed by atoms with van der Waals surface area (Å²) < 4.78 is 26.7. The first-order valence-electron chi connectivity index (χ1n) is 6.74. The largest absolute Gasteiger partial charge is 0.386 e. The topological polar surface area (TPSA) is 57.6 Å². The average molecular weight is 295 g/mol. The van der Waals surface area contributed by atoms with Crippen molar-refractivity contribution in [3.8, 4) is 0 Å². The second kappa shape index (κ2) is 4.34. The van der Waals surface area contributed by atoms with Gasteiger partial charge < -0.3 is 5.11 Å². The summed E-state index contributed by atoms with van der Waals surface area (Å²) in [7, 11) is 0. The molecule has 112 valence electrons. The Morgan fingerprint density at radius 3 is 2.38 bits per heavy atom. The van der Waals surface area contributed by atoms with E-state index in [0.717, 1.165) is 11.0 Å². The fourth-order valence-electron chi connectivity index (χ4n) is 3.23. The Balaban J connectivity index is 1.78. The van der Waals surface area contributed by atoms with E-state index in [2.05, 4.69) is 0 Å². The van der Waals surface area contributed by atoms with Crippen molar-refractivity contribution in [2.45, 2.75) is 20.0 Å². The molecule has 2 amide bonds. The molecule has 1 aromatic rings. The number of amides is 2. The minimum Gasteiger partial charge on any atom is -0.386 e. The number of nitrogens with zero attached hydrogens (tertiary/aromatic N) is 1. The highest BCUT2D eigenvalue weighted by atomic mass is 19.2. The van der Waals surface area contributed by atoms with Gasteiger partial charge in [-0.2, -0.15) is 0 Å². The lowest BCUT2D eigenvalue weighted by molar-refractivity contribution is -0.144. The van der Waals surface area contributed by atoms with Crippen LogP contribution < -0.4 is 0 Å². The van der Waals surface area contributed by atoms with Crippen LogP contribution in [0.15, 0.2) is 18.2 Å². The number of likely N-dealkylation sites (tertiary alicyclic amines) is 1. The van der Waals surface area contributed by atoms with Crippen molar-refractivity contribution in [1.82, 2.24) is 4.90 Å². The molecule has 0 bridgehead atoms. The smallest absolute Gasteiger partial charge is 0.233 e. The zero-order valence-corrected chi connectivity index (χ0v) is 11.6. The lowest BCUT2D eigenvalue weighted by Crippen LogP contribution is -2.39. The van der Waals surface area contributed by atoms with Gasteiger partial charge in [0, 0.05) is 5.56 Å². The molecule has 1 aliphatic carbocycles. The lowest BCUT2D eigenvalue weighted by Gasteiger charge is -2.23. The summed E-state index contributed by atoms with van der Waals surface area (Å²) in [6.45, 7) is 3.34. The molecule has 1 aromatic carbocycles. The van der Waals surface area contributed by atoms with Gasteiger partial charge in [0.2, 0.25) is 11.8 Å². The maximum Gasteiger partial charge on any atom is 0.233 e. The summed E-state index contributed by atoms with van der Waals surface area (Å²) in [6, 6.07) is 3.44. The van der Waals surface area contributed by atoms with Gasteiger partial charge in [-0.05, 0) is 11.5 Å². The predicted molar refractivity (Wildman–Crippen MR) is 68.8 cm³/mol.